The third kappa shape index (κ3) is 70.3. The maximum Gasteiger partial charge on any atom is 0.306 e. The standard InChI is InChI=1S/C77H144O6/c1-4-7-10-13-16-19-22-24-26-28-30-31-32-33-34-35-36-37-38-39-40-41-42-43-44-45-47-48-50-52-55-58-61-64-67-70-76(79)82-73-74(72-81-75(78)69-66-63-60-57-54-21-18-15-12-9-6-3)83-77(80)71-68-65-62-59-56-53-51-49-46-29-27-25-23-20-17-14-11-8-5-2/h15,17-18,20,25,27,74H,4-14,16,19,21-24,26,28-73H2,1-3H3/b18-15-,20-17-,27-25-. The second kappa shape index (κ2) is 72.1. The van der Waals surface area contributed by atoms with Gasteiger partial charge >= 0.3 is 17.9 Å². The van der Waals surface area contributed by atoms with E-state index in [1.807, 2.05) is 0 Å². The van der Waals surface area contributed by atoms with Gasteiger partial charge in [-0.1, -0.05) is 365 Å². The number of esters is 3. The first-order valence-electron chi connectivity index (χ1n) is 37.5. The van der Waals surface area contributed by atoms with Crippen LogP contribution in [-0.2, 0) is 28.6 Å². The molecule has 0 bridgehead atoms. The lowest BCUT2D eigenvalue weighted by molar-refractivity contribution is -0.167. The summed E-state index contributed by atoms with van der Waals surface area (Å²) in [6, 6.07) is 0. The van der Waals surface area contributed by atoms with Crippen LogP contribution in [-0.4, -0.2) is 37.2 Å². The number of carbonyl (C=O) groups excluding carboxylic acids is 3. The zero-order chi connectivity index (χ0) is 59.9. The molecule has 0 N–H and O–H groups in total. The Labute approximate surface area is 518 Å². The van der Waals surface area contributed by atoms with Crippen molar-refractivity contribution in [2.75, 3.05) is 13.2 Å². The summed E-state index contributed by atoms with van der Waals surface area (Å²) in [5, 5.41) is 0. The fourth-order valence-corrected chi connectivity index (χ4v) is 11.5. The highest BCUT2D eigenvalue weighted by Crippen LogP contribution is 2.19. The highest BCUT2D eigenvalue weighted by atomic mass is 16.6. The predicted molar refractivity (Wildman–Crippen MR) is 362 cm³/mol. The average Bonchev–Trinajstić information content (AvgIpc) is 3.48. The van der Waals surface area contributed by atoms with Gasteiger partial charge in [-0.2, -0.15) is 0 Å². The van der Waals surface area contributed by atoms with E-state index >= 15 is 0 Å². The van der Waals surface area contributed by atoms with Crippen molar-refractivity contribution < 1.29 is 28.6 Å². The Balaban J connectivity index is 4.03. The number of carbonyl (C=O) groups is 3. The lowest BCUT2D eigenvalue weighted by Crippen LogP contribution is -2.30. The Bertz CT molecular complexity index is 1380. The Hall–Kier alpha value is -2.37. The molecular formula is C77H144O6. The molecule has 0 aliphatic heterocycles. The SMILES string of the molecule is CCCC/C=C\CCCCCCCC(=O)OCC(COC(=O)CCCCCCCCCCCCCCCCCCCCCCCCCCCCCCCCCCCCC)OC(=O)CCCCCCCCCCC/C=C\C/C=C\CCCCC. The van der Waals surface area contributed by atoms with E-state index in [2.05, 4.69) is 57.2 Å². The second-order valence-electron chi connectivity index (χ2n) is 25.6. The molecule has 0 aromatic carbocycles. The first-order chi connectivity index (χ1) is 41.0. The van der Waals surface area contributed by atoms with E-state index in [9.17, 15) is 14.4 Å². The lowest BCUT2D eigenvalue weighted by atomic mass is 10.0. The smallest absolute Gasteiger partial charge is 0.306 e. The topological polar surface area (TPSA) is 78.9 Å². The summed E-state index contributed by atoms with van der Waals surface area (Å²) in [4.78, 5) is 38.4. The molecule has 0 aromatic heterocycles. The Morgan fingerprint density at radius 3 is 0.735 bits per heavy atom. The van der Waals surface area contributed by atoms with Crippen LogP contribution in [0.1, 0.15) is 419 Å². The van der Waals surface area contributed by atoms with Crippen LogP contribution in [0.5, 0.6) is 0 Å². The van der Waals surface area contributed by atoms with Crippen molar-refractivity contribution in [3.05, 3.63) is 36.5 Å². The predicted octanol–water partition coefficient (Wildman–Crippen LogP) is 25.9. The van der Waals surface area contributed by atoms with E-state index in [4.69, 9.17) is 14.2 Å². The molecule has 1 atom stereocenters. The summed E-state index contributed by atoms with van der Waals surface area (Å²) in [6.45, 7) is 6.64. The van der Waals surface area contributed by atoms with Gasteiger partial charge in [0.25, 0.3) is 0 Å². The largest absolute Gasteiger partial charge is 0.462 e. The van der Waals surface area contributed by atoms with E-state index in [1.54, 1.807) is 0 Å². The fraction of sp³-hybridized carbons (Fsp3) is 0.883. The number of hydrogen-bond acceptors (Lipinski definition) is 6. The molecule has 0 rings (SSSR count). The molecule has 0 aliphatic carbocycles. The molecule has 83 heavy (non-hydrogen) atoms. The minimum atomic E-state index is -0.777. The van der Waals surface area contributed by atoms with Gasteiger partial charge in [-0.3, -0.25) is 14.4 Å². The normalized spacial score (nSPS) is 12.2. The molecule has 6 heteroatoms. The molecule has 0 spiro atoms. The molecule has 0 saturated carbocycles. The first-order valence-corrected chi connectivity index (χ1v) is 37.5. The molecule has 0 saturated heterocycles. The Kier molecular flexibility index (Phi) is 70.0. The number of hydrogen-bond donors (Lipinski definition) is 0. The van der Waals surface area contributed by atoms with Gasteiger partial charge in [0.2, 0.25) is 0 Å². The van der Waals surface area contributed by atoms with Gasteiger partial charge in [0.05, 0.1) is 0 Å². The van der Waals surface area contributed by atoms with Crippen molar-refractivity contribution in [2.24, 2.45) is 0 Å². The van der Waals surface area contributed by atoms with Crippen molar-refractivity contribution in [2.45, 2.75) is 425 Å². The molecule has 6 nitrogen and oxygen atoms in total. The van der Waals surface area contributed by atoms with Crippen molar-refractivity contribution in [3.63, 3.8) is 0 Å². The number of unbranched alkanes of at least 4 members (excludes halogenated alkanes) is 53. The van der Waals surface area contributed by atoms with Crippen molar-refractivity contribution in [1.82, 2.24) is 0 Å². The number of ether oxygens (including phenoxy) is 3. The molecule has 1 unspecified atom stereocenters. The fourth-order valence-electron chi connectivity index (χ4n) is 11.5. The molecule has 488 valence electrons. The van der Waals surface area contributed by atoms with Crippen LogP contribution in [0.3, 0.4) is 0 Å². The van der Waals surface area contributed by atoms with Gasteiger partial charge in [0.1, 0.15) is 13.2 Å². The minimum Gasteiger partial charge on any atom is -0.462 e. The summed E-state index contributed by atoms with van der Waals surface area (Å²) >= 11 is 0. The van der Waals surface area contributed by atoms with Gasteiger partial charge < -0.3 is 14.2 Å². The van der Waals surface area contributed by atoms with Gasteiger partial charge in [-0.25, -0.2) is 0 Å². The second-order valence-corrected chi connectivity index (χ2v) is 25.6. The molecular weight excluding hydrogens is 1020 g/mol. The van der Waals surface area contributed by atoms with Gasteiger partial charge in [0, 0.05) is 19.3 Å². The average molecular weight is 1170 g/mol. The molecule has 0 heterocycles. The van der Waals surface area contributed by atoms with Crippen molar-refractivity contribution in [1.29, 1.82) is 0 Å². The monoisotopic (exact) mass is 1170 g/mol. The number of rotatable bonds is 70. The van der Waals surface area contributed by atoms with Crippen LogP contribution in [0.25, 0.3) is 0 Å². The van der Waals surface area contributed by atoms with E-state index in [0.29, 0.717) is 19.3 Å². The Morgan fingerprint density at radius 1 is 0.241 bits per heavy atom. The van der Waals surface area contributed by atoms with Crippen molar-refractivity contribution in [3.8, 4) is 0 Å². The van der Waals surface area contributed by atoms with E-state index in [-0.39, 0.29) is 31.1 Å². The molecule has 0 aliphatic rings. The summed E-state index contributed by atoms with van der Waals surface area (Å²) in [5.74, 6) is -0.861. The highest BCUT2D eigenvalue weighted by molar-refractivity contribution is 5.71. The van der Waals surface area contributed by atoms with Crippen LogP contribution in [0.4, 0.5) is 0 Å². The van der Waals surface area contributed by atoms with Crippen LogP contribution in [0, 0.1) is 0 Å². The summed E-state index contributed by atoms with van der Waals surface area (Å²) < 4.78 is 17.0. The minimum absolute atomic E-state index is 0.0722. The molecule has 0 amide bonds. The number of allylic oxidation sites excluding steroid dienone is 6. The van der Waals surface area contributed by atoms with Gasteiger partial charge in [-0.15, -0.1) is 0 Å². The van der Waals surface area contributed by atoms with Crippen LogP contribution >= 0.6 is 0 Å². The van der Waals surface area contributed by atoms with Gasteiger partial charge in [-0.05, 0) is 70.6 Å². The lowest BCUT2D eigenvalue weighted by Gasteiger charge is -2.18. The summed E-state index contributed by atoms with van der Waals surface area (Å²) in [6.07, 6.45) is 90.7. The highest BCUT2D eigenvalue weighted by Gasteiger charge is 2.20. The van der Waals surface area contributed by atoms with Crippen LogP contribution in [0.2, 0.25) is 0 Å². The van der Waals surface area contributed by atoms with Crippen LogP contribution < -0.4 is 0 Å². The summed E-state index contributed by atoms with van der Waals surface area (Å²) in [7, 11) is 0. The summed E-state index contributed by atoms with van der Waals surface area (Å²) in [5.41, 5.74) is 0. The maximum absolute atomic E-state index is 12.9. The quantitative estimate of drug-likeness (QED) is 0.0261. The molecule has 0 radical (unpaired) electrons. The maximum atomic E-state index is 12.9. The van der Waals surface area contributed by atoms with E-state index in [0.717, 1.165) is 70.6 Å². The zero-order valence-electron chi connectivity index (χ0n) is 56.2. The third-order valence-electron chi connectivity index (χ3n) is 17.1. The molecule has 0 aromatic rings. The van der Waals surface area contributed by atoms with E-state index in [1.165, 1.54) is 308 Å². The van der Waals surface area contributed by atoms with Crippen LogP contribution in [0.15, 0.2) is 36.5 Å². The first kappa shape index (κ1) is 80.6. The molecule has 0 fully saturated rings. The third-order valence-corrected chi connectivity index (χ3v) is 17.1. The van der Waals surface area contributed by atoms with Gasteiger partial charge in [0.15, 0.2) is 6.10 Å². The Morgan fingerprint density at radius 2 is 0.446 bits per heavy atom. The van der Waals surface area contributed by atoms with E-state index < -0.39 is 6.10 Å². The van der Waals surface area contributed by atoms with Crippen molar-refractivity contribution >= 4 is 17.9 Å². The zero-order valence-corrected chi connectivity index (χ0v) is 56.2.